The smallest absolute Gasteiger partial charge is 0.203 e. The molecule has 1 saturated heterocycles. The van der Waals surface area contributed by atoms with Gasteiger partial charge in [0.1, 0.15) is 24.1 Å². The van der Waals surface area contributed by atoms with Gasteiger partial charge < -0.3 is 29.2 Å². The van der Waals surface area contributed by atoms with E-state index in [1.54, 1.807) is 0 Å². The highest BCUT2D eigenvalue weighted by molar-refractivity contribution is 6.09. The van der Waals surface area contributed by atoms with Gasteiger partial charge in [0.2, 0.25) is 5.60 Å². The molecular weight excluding hydrogens is 524 g/mol. The molecule has 41 heavy (non-hydrogen) atoms. The molecule has 218 valence electrons. The fraction of sp³-hybridized carbons (Fsp3) is 0.394. The Bertz CT molecular complexity index is 1260. The van der Waals surface area contributed by atoms with Crippen LogP contribution in [0.25, 0.3) is 0 Å². The van der Waals surface area contributed by atoms with E-state index in [2.05, 4.69) is 0 Å². The number of Topliss-reactive ketones (excluding diaryl/α,β-unsaturated/α-hetero) is 2. The first-order valence-corrected chi connectivity index (χ1v) is 13.7. The van der Waals surface area contributed by atoms with E-state index in [9.17, 15) is 19.8 Å². The lowest BCUT2D eigenvalue weighted by Gasteiger charge is -2.50. The molecule has 4 rings (SSSR count). The van der Waals surface area contributed by atoms with Gasteiger partial charge in [-0.05, 0) is 37.5 Å². The summed E-state index contributed by atoms with van der Waals surface area (Å²) in [5.74, 6) is -1.39. The molecule has 8 nitrogen and oxygen atoms in total. The molecule has 0 bridgehead atoms. The van der Waals surface area contributed by atoms with Crippen molar-refractivity contribution in [1.82, 2.24) is 0 Å². The van der Waals surface area contributed by atoms with Crippen molar-refractivity contribution in [1.29, 1.82) is 0 Å². The van der Waals surface area contributed by atoms with Crippen molar-refractivity contribution in [3.63, 3.8) is 0 Å². The number of ketones is 2. The molecule has 0 aliphatic carbocycles. The van der Waals surface area contributed by atoms with Crippen LogP contribution in [0, 0.1) is 5.41 Å². The SMILES string of the molecule is CC(=O)C(C)(C)C(=O)[C@]1(O)[C@H](O)O[C@H](COCc2ccccc2)[C@@H](OCc2ccccc2)[C@@H]1OCc1ccccc1. The Kier molecular flexibility index (Phi) is 10.2. The predicted molar refractivity (Wildman–Crippen MR) is 151 cm³/mol. The lowest BCUT2D eigenvalue weighted by Crippen LogP contribution is -2.73. The summed E-state index contributed by atoms with van der Waals surface area (Å²) in [6.45, 7) is 4.47. The number of rotatable bonds is 13. The van der Waals surface area contributed by atoms with Crippen LogP contribution in [0.2, 0.25) is 0 Å². The number of benzene rings is 3. The molecule has 5 atom stereocenters. The topological polar surface area (TPSA) is 112 Å². The fourth-order valence-electron chi connectivity index (χ4n) is 4.78. The number of aliphatic hydroxyl groups excluding tert-OH is 1. The number of carbonyl (C=O) groups is 2. The van der Waals surface area contributed by atoms with Gasteiger partial charge >= 0.3 is 0 Å². The molecule has 8 heteroatoms. The van der Waals surface area contributed by atoms with E-state index in [-0.39, 0.29) is 26.4 Å². The van der Waals surface area contributed by atoms with Crippen LogP contribution in [0.4, 0.5) is 0 Å². The van der Waals surface area contributed by atoms with Crippen molar-refractivity contribution in [2.75, 3.05) is 6.61 Å². The van der Waals surface area contributed by atoms with Crippen molar-refractivity contribution in [3.8, 4) is 0 Å². The number of hydrogen-bond donors (Lipinski definition) is 2. The quantitative estimate of drug-likeness (QED) is 0.301. The molecule has 1 fully saturated rings. The minimum absolute atomic E-state index is 0.0110. The summed E-state index contributed by atoms with van der Waals surface area (Å²) in [5.41, 5.74) is -1.66. The zero-order valence-corrected chi connectivity index (χ0v) is 23.6. The minimum atomic E-state index is -2.61. The van der Waals surface area contributed by atoms with Crippen molar-refractivity contribution in [2.45, 2.75) is 70.8 Å². The summed E-state index contributed by atoms with van der Waals surface area (Å²) < 4.78 is 24.4. The van der Waals surface area contributed by atoms with Crippen molar-refractivity contribution in [2.24, 2.45) is 5.41 Å². The van der Waals surface area contributed by atoms with Gasteiger partial charge in [-0.2, -0.15) is 0 Å². The van der Waals surface area contributed by atoms with E-state index in [0.717, 1.165) is 16.7 Å². The summed E-state index contributed by atoms with van der Waals surface area (Å²) in [6.07, 6.45) is -5.36. The van der Waals surface area contributed by atoms with Crippen molar-refractivity contribution >= 4 is 11.6 Å². The van der Waals surface area contributed by atoms with Gasteiger partial charge in [0.05, 0.1) is 31.8 Å². The van der Waals surface area contributed by atoms with Crippen LogP contribution < -0.4 is 0 Å². The van der Waals surface area contributed by atoms with E-state index >= 15 is 0 Å². The van der Waals surface area contributed by atoms with Crippen LogP contribution >= 0.6 is 0 Å². The summed E-state index contributed by atoms with van der Waals surface area (Å²) in [4.78, 5) is 26.3. The third-order valence-electron chi connectivity index (χ3n) is 7.54. The maximum absolute atomic E-state index is 13.9. The second kappa shape index (κ2) is 13.6. The Labute approximate surface area is 240 Å². The van der Waals surface area contributed by atoms with Gasteiger partial charge in [0.25, 0.3) is 0 Å². The van der Waals surface area contributed by atoms with Crippen LogP contribution in [0.15, 0.2) is 91.0 Å². The highest BCUT2D eigenvalue weighted by atomic mass is 16.7. The van der Waals surface area contributed by atoms with Gasteiger partial charge in [-0.15, -0.1) is 0 Å². The maximum Gasteiger partial charge on any atom is 0.203 e. The number of aliphatic hydroxyl groups is 2. The first-order valence-electron chi connectivity index (χ1n) is 13.7. The fourth-order valence-corrected chi connectivity index (χ4v) is 4.78. The summed E-state index contributed by atoms with van der Waals surface area (Å²) in [6, 6.07) is 28.2. The molecule has 0 saturated carbocycles. The highest BCUT2D eigenvalue weighted by Gasteiger charge is 2.64. The average Bonchev–Trinajstić information content (AvgIpc) is 2.98. The zero-order valence-electron chi connectivity index (χ0n) is 23.6. The lowest BCUT2D eigenvalue weighted by molar-refractivity contribution is -0.335. The molecule has 0 radical (unpaired) electrons. The Morgan fingerprint density at radius 3 is 1.76 bits per heavy atom. The van der Waals surface area contributed by atoms with Crippen molar-refractivity contribution < 1.29 is 38.7 Å². The van der Waals surface area contributed by atoms with Crippen LogP contribution in [-0.4, -0.2) is 58.6 Å². The molecule has 0 spiro atoms. The molecule has 1 heterocycles. The number of ether oxygens (including phenoxy) is 4. The third-order valence-corrected chi connectivity index (χ3v) is 7.54. The average molecular weight is 563 g/mol. The second-order valence-electron chi connectivity index (χ2n) is 10.8. The first kappa shape index (κ1) is 30.7. The zero-order chi connectivity index (χ0) is 29.5. The monoisotopic (exact) mass is 562 g/mol. The molecule has 3 aromatic carbocycles. The van der Waals surface area contributed by atoms with E-state index in [1.165, 1.54) is 20.8 Å². The predicted octanol–water partition coefficient (Wildman–Crippen LogP) is 4.01. The van der Waals surface area contributed by atoms with Gasteiger partial charge in [0.15, 0.2) is 12.1 Å². The highest BCUT2D eigenvalue weighted by Crippen LogP contribution is 2.39. The molecular formula is C33H38O8. The van der Waals surface area contributed by atoms with Crippen LogP contribution in [0.1, 0.15) is 37.5 Å². The molecule has 3 aromatic rings. The van der Waals surface area contributed by atoms with Crippen LogP contribution in [-0.2, 0) is 48.4 Å². The molecule has 0 amide bonds. The van der Waals surface area contributed by atoms with Crippen LogP contribution in [0.3, 0.4) is 0 Å². The molecule has 0 unspecified atom stereocenters. The Morgan fingerprint density at radius 2 is 1.27 bits per heavy atom. The van der Waals surface area contributed by atoms with Gasteiger partial charge in [-0.3, -0.25) is 9.59 Å². The molecule has 1 aliphatic rings. The number of hydrogen-bond acceptors (Lipinski definition) is 8. The Morgan fingerprint density at radius 1 is 0.805 bits per heavy atom. The van der Waals surface area contributed by atoms with E-state index in [4.69, 9.17) is 18.9 Å². The summed E-state index contributed by atoms with van der Waals surface area (Å²) in [5, 5.41) is 23.2. The maximum atomic E-state index is 13.9. The molecule has 0 aromatic heterocycles. The Hall–Kier alpha value is -3.24. The number of carbonyl (C=O) groups excluding carboxylic acids is 2. The van der Waals surface area contributed by atoms with Gasteiger partial charge in [-0.1, -0.05) is 91.0 Å². The Balaban J connectivity index is 1.68. The standard InChI is InChI=1S/C33H38O8/c1-23(34)32(2,3)30(35)33(37)29(40-21-26-17-11-6-12-18-26)28(39-20-25-15-9-5-10-16-25)27(41-31(33)36)22-38-19-24-13-7-4-8-14-24/h4-18,27-29,31,36-37H,19-22H2,1-3H3/t27-,28-,29+,31-,33+/m1/s1. The minimum Gasteiger partial charge on any atom is -0.375 e. The van der Waals surface area contributed by atoms with Crippen molar-refractivity contribution in [3.05, 3.63) is 108 Å². The summed E-state index contributed by atoms with van der Waals surface area (Å²) >= 11 is 0. The normalized spacial score (nSPS) is 24.6. The third kappa shape index (κ3) is 7.16. The van der Waals surface area contributed by atoms with E-state index in [1.807, 2.05) is 91.0 Å². The van der Waals surface area contributed by atoms with Gasteiger partial charge in [0, 0.05) is 0 Å². The van der Waals surface area contributed by atoms with E-state index < -0.39 is 47.2 Å². The summed E-state index contributed by atoms with van der Waals surface area (Å²) in [7, 11) is 0. The lowest BCUT2D eigenvalue weighted by atomic mass is 9.71. The largest absolute Gasteiger partial charge is 0.375 e. The molecule has 2 N–H and O–H groups in total. The molecule has 1 aliphatic heterocycles. The second-order valence-corrected chi connectivity index (χ2v) is 10.8. The van der Waals surface area contributed by atoms with Gasteiger partial charge in [-0.25, -0.2) is 0 Å². The van der Waals surface area contributed by atoms with Crippen LogP contribution in [0.5, 0.6) is 0 Å². The first-order chi connectivity index (χ1) is 19.6. The van der Waals surface area contributed by atoms with E-state index in [0.29, 0.717) is 0 Å².